The molecule has 2 N–H and O–H groups in total. The molecular formula is C12H25NO. The Bertz CT molecular complexity index is 156. The molecule has 14 heavy (non-hydrogen) atoms. The molecule has 0 aromatic carbocycles. The van der Waals surface area contributed by atoms with Crippen LogP contribution in [0.3, 0.4) is 0 Å². The van der Waals surface area contributed by atoms with Gasteiger partial charge < -0.3 is 10.5 Å². The van der Waals surface area contributed by atoms with Crippen LogP contribution >= 0.6 is 0 Å². The summed E-state index contributed by atoms with van der Waals surface area (Å²) in [5, 5.41) is 0. The third kappa shape index (κ3) is 2.96. The van der Waals surface area contributed by atoms with Gasteiger partial charge in [-0.3, -0.25) is 0 Å². The van der Waals surface area contributed by atoms with Gasteiger partial charge in [-0.25, -0.2) is 0 Å². The summed E-state index contributed by atoms with van der Waals surface area (Å²) in [6, 6.07) is 0.345. The van der Waals surface area contributed by atoms with Crippen molar-refractivity contribution in [1.29, 1.82) is 0 Å². The van der Waals surface area contributed by atoms with Crippen molar-refractivity contribution in [3.05, 3.63) is 0 Å². The van der Waals surface area contributed by atoms with E-state index in [0.29, 0.717) is 18.1 Å². The van der Waals surface area contributed by atoms with Crippen LogP contribution in [0.1, 0.15) is 46.5 Å². The zero-order valence-corrected chi connectivity index (χ0v) is 9.83. The first kappa shape index (κ1) is 12.0. The SMILES string of the molecule is CCC(CC)CC(N)C1CCOC1C. The van der Waals surface area contributed by atoms with Crippen molar-refractivity contribution < 1.29 is 4.74 Å². The fraction of sp³-hybridized carbons (Fsp3) is 1.00. The standard InChI is InChI=1S/C12H25NO/c1-4-10(5-2)8-12(13)11-6-7-14-9(11)3/h9-12H,4-8,13H2,1-3H3. The molecule has 0 aliphatic carbocycles. The van der Waals surface area contributed by atoms with Crippen LogP contribution in [0.2, 0.25) is 0 Å². The van der Waals surface area contributed by atoms with Crippen LogP contribution < -0.4 is 5.73 Å². The van der Waals surface area contributed by atoms with Crippen molar-refractivity contribution in [1.82, 2.24) is 0 Å². The quantitative estimate of drug-likeness (QED) is 0.738. The molecule has 1 aliphatic rings. The number of nitrogens with two attached hydrogens (primary N) is 1. The lowest BCUT2D eigenvalue weighted by Crippen LogP contribution is -2.35. The first-order valence-corrected chi connectivity index (χ1v) is 6.06. The molecule has 3 atom stereocenters. The molecule has 2 heteroatoms. The largest absolute Gasteiger partial charge is 0.378 e. The number of hydrogen-bond donors (Lipinski definition) is 1. The normalized spacial score (nSPS) is 29.8. The van der Waals surface area contributed by atoms with Crippen LogP contribution in [-0.2, 0) is 4.74 Å². The molecule has 0 bridgehead atoms. The third-order valence-electron chi connectivity index (χ3n) is 3.75. The highest BCUT2D eigenvalue weighted by Crippen LogP contribution is 2.27. The molecule has 0 aromatic heterocycles. The molecule has 0 aromatic rings. The second kappa shape index (κ2) is 5.72. The maximum absolute atomic E-state index is 6.24. The van der Waals surface area contributed by atoms with E-state index in [1.54, 1.807) is 0 Å². The molecule has 1 saturated heterocycles. The second-order valence-electron chi connectivity index (χ2n) is 4.61. The number of rotatable bonds is 5. The zero-order chi connectivity index (χ0) is 10.6. The minimum absolute atomic E-state index is 0.345. The summed E-state index contributed by atoms with van der Waals surface area (Å²) in [6.07, 6.45) is 5.21. The topological polar surface area (TPSA) is 35.2 Å². The van der Waals surface area contributed by atoms with E-state index in [2.05, 4.69) is 20.8 Å². The van der Waals surface area contributed by atoms with Crippen molar-refractivity contribution in [2.24, 2.45) is 17.6 Å². The predicted octanol–water partition coefficient (Wildman–Crippen LogP) is 2.57. The van der Waals surface area contributed by atoms with E-state index in [-0.39, 0.29) is 0 Å². The highest BCUT2D eigenvalue weighted by Gasteiger charge is 2.30. The molecular weight excluding hydrogens is 174 g/mol. The summed E-state index contributed by atoms with van der Waals surface area (Å²) in [4.78, 5) is 0. The Balaban J connectivity index is 2.36. The van der Waals surface area contributed by atoms with Crippen LogP contribution in [0.15, 0.2) is 0 Å². The van der Waals surface area contributed by atoms with Crippen molar-refractivity contribution >= 4 is 0 Å². The van der Waals surface area contributed by atoms with E-state index < -0.39 is 0 Å². The summed E-state index contributed by atoms with van der Waals surface area (Å²) in [5.74, 6) is 1.40. The smallest absolute Gasteiger partial charge is 0.0590 e. The highest BCUT2D eigenvalue weighted by atomic mass is 16.5. The Hall–Kier alpha value is -0.0800. The van der Waals surface area contributed by atoms with Crippen LogP contribution in [0.5, 0.6) is 0 Å². The van der Waals surface area contributed by atoms with Crippen molar-refractivity contribution in [3.8, 4) is 0 Å². The van der Waals surface area contributed by atoms with Crippen molar-refractivity contribution in [2.75, 3.05) is 6.61 Å². The van der Waals surface area contributed by atoms with Gasteiger partial charge >= 0.3 is 0 Å². The van der Waals surface area contributed by atoms with E-state index >= 15 is 0 Å². The van der Waals surface area contributed by atoms with Gasteiger partial charge in [-0.2, -0.15) is 0 Å². The van der Waals surface area contributed by atoms with E-state index in [0.717, 1.165) is 18.9 Å². The molecule has 0 radical (unpaired) electrons. The number of ether oxygens (including phenoxy) is 1. The monoisotopic (exact) mass is 199 g/mol. The van der Waals surface area contributed by atoms with Gasteiger partial charge in [0.05, 0.1) is 6.10 Å². The highest BCUT2D eigenvalue weighted by molar-refractivity contribution is 4.83. The Labute approximate surface area is 88.2 Å². The van der Waals surface area contributed by atoms with Gasteiger partial charge in [-0.05, 0) is 25.7 Å². The van der Waals surface area contributed by atoms with E-state index in [4.69, 9.17) is 10.5 Å². The molecule has 2 nitrogen and oxygen atoms in total. The maximum atomic E-state index is 6.24. The lowest BCUT2D eigenvalue weighted by molar-refractivity contribution is 0.0966. The Morgan fingerprint density at radius 2 is 2.00 bits per heavy atom. The summed E-state index contributed by atoms with van der Waals surface area (Å²) in [6.45, 7) is 7.58. The van der Waals surface area contributed by atoms with E-state index in [1.165, 1.54) is 19.3 Å². The van der Waals surface area contributed by atoms with Crippen molar-refractivity contribution in [3.63, 3.8) is 0 Å². The summed E-state index contributed by atoms with van der Waals surface area (Å²) in [7, 11) is 0. The van der Waals surface area contributed by atoms with Gasteiger partial charge in [0.2, 0.25) is 0 Å². The second-order valence-corrected chi connectivity index (χ2v) is 4.61. The predicted molar refractivity (Wildman–Crippen MR) is 60.2 cm³/mol. The zero-order valence-electron chi connectivity index (χ0n) is 9.83. The van der Waals surface area contributed by atoms with Crippen LogP contribution in [0.25, 0.3) is 0 Å². The van der Waals surface area contributed by atoms with E-state index in [1.807, 2.05) is 0 Å². The average molecular weight is 199 g/mol. The van der Waals surface area contributed by atoms with Gasteiger partial charge in [0.1, 0.15) is 0 Å². The van der Waals surface area contributed by atoms with Gasteiger partial charge in [0.15, 0.2) is 0 Å². The van der Waals surface area contributed by atoms with Crippen LogP contribution in [0, 0.1) is 11.8 Å². The number of hydrogen-bond acceptors (Lipinski definition) is 2. The van der Waals surface area contributed by atoms with Crippen LogP contribution in [0.4, 0.5) is 0 Å². The van der Waals surface area contributed by atoms with Crippen LogP contribution in [-0.4, -0.2) is 18.8 Å². The lowest BCUT2D eigenvalue weighted by atomic mass is 9.85. The molecule has 1 aliphatic heterocycles. The fourth-order valence-corrected chi connectivity index (χ4v) is 2.49. The Morgan fingerprint density at radius 1 is 1.36 bits per heavy atom. The lowest BCUT2D eigenvalue weighted by Gasteiger charge is -2.25. The maximum Gasteiger partial charge on any atom is 0.0590 e. The van der Waals surface area contributed by atoms with Crippen molar-refractivity contribution in [2.45, 2.75) is 58.6 Å². The fourth-order valence-electron chi connectivity index (χ4n) is 2.49. The van der Waals surface area contributed by atoms with Gasteiger partial charge in [-0.15, -0.1) is 0 Å². The van der Waals surface area contributed by atoms with Gasteiger partial charge in [-0.1, -0.05) is 26.7 Å². The molecule has 0 saturated carbocycles. The molecule has 0 spiro atoms. The Morgan fingerprint density at radius 3 is 2.43 bits per heavy atom. The average Bonchev–Trinajstić information content (AvgIpc) is 2.60. The molecule has 0 amide bonds. The third-order valence-corrected chi connectivity index (χ3v) is 3.75. The van der Waals surface area contributed by atoms with Gasteiger partial charge in [0.25, 0.3) is 0 Å². The van der Waals surface area contributed by atoms with E-state index in [9.17, 15) is 0 Å². The Kier molecular flexibility index (Phi) is 4.90. The molecule has 1 rings (SSSR count). The molecule has 1 heterocycles. The summed E-state index contributed by atoms with van der Waals surface area (Å²) in [5.41, 5.74) is 6.24. The first-order chi connectivity index (χ1) is 6.69. The molecule has 84 valence electrons. The minimum atomic E-state index is 0.345. The van der Waals surface area contributed by atoms with Gasteiger partial charge in [0, 0.05) is 18.6 Å². The minimum Gasteiger partial charge on any atom is -0.378 e. The molecule has 3 unspecified atom stereocenters. The summed E-state index contributed by atoms with van der Waals surface area (Å²) >= 11 is 0. The summed E-state index contributed by atoms with van der Waals surface area (Å²) < 4.78 is 5.56. The molecule has 1 fully saturated rings. The first-order valence-electron chi connectivity index (χ1n) is 6.06.